The lowest BCUT2D eigenvalue weighted by atomic mass is 10.2. The van der Waals surface area contributed by atoms with Crippen molar-refractivity contribution in [3.8, 4) is 0 Å². The van der Waals surface area contributed by atoms with Crippen LogP contribution in [0.2, 0.25) is 0 Å². The summed E-state index contributed by atoms with van der Waals surface area (Å²) in [6.07, 6.45) is -4.67. The first kappa shape index (κ1) is 16.0. The Morgan fingerprint density at radius 2 is 2.09 bits per heavy atom. The molecule has 7 nitrogen and oxygen atoms in total. The van der Waals surface area contributed by atoms with Crippen molar-refractivity contribution in [2.45, 2.75) is 6.18 Å². The third kappa shape index (κ3) is 2.82. The molecular weight excluding hydrogens is 305 g/mol. The zero-order chi connectivity index (χ0) is 16.5. The topological polar surface area (TPSA) is 80.0 Å². The van der Waals surface area contributed by atoms with Crippen molar-refractivity contribution >= 4 is 17.6 Å². The Balaban J connectivity index is 2.68. The van der Waals surface area contributed by atoms with Crippen LogP contribution in [-0.2, 0) is 10.9 Å². The van der Waals surface area contributed by atoms with Gasteiger partial charge in [-0.15, -0.1) is 10.2 Å². The van der Waals surface area contributed by atoms with Gasteiger partial charge < -0.3 is 14.7 Å². The molecule has 0 fully saturated rings. The van der Waals surface area contributed by atoms with E-state index in [0.717, 1.165) is 6.07 Å². The molecule has 0 bridgehead atoms. The highest BCUT2D eigenvalue weighted by atomic mass is 19.4. The number of rotatable bonds is 5. The maximum atomic E-state index is 13.2. The van der Waals surface area contributed by atoms with Gasteiger partial charge in [0.15, 0.2) is 5.65 Å². The fourth-order valence-electron chi connectivity index (χ4n) is 1.95. The molecule has 0 saturated heterocycles. The van der Waals surface area contributed by atoms with Gasteiger partial charge in [0.25, 0.3) is 0 Å². The number of hydrogen-bond donors (Lipinski definition) is 1. The standard InChI is InChI=1S/C12H13F3N4O3/c1-18(5-6-22-2)11-17-16-9-7(10(20)21)3-4-8(19(9)11)12(13,14)15/h3-4H,5-6H2,1-2H3,(H,20,21). The van der Waals surface area contributed by atoms with Crippen molar-refractivity contribution in [2.24, 2.45) is 0 Å². The third-order valence-corrected chi connectivity index (χ3v) is 3.03. The molecule has 0 aliphatic rings. The highest BCUT2D eigenvalue weighted by molar-refractivity contribution is 5.94. The van der Waals surface area contributed by atoms with Gasteiger partial charge in [-0.3, -0.25) is 4.40 Å². The van der Waals surface area contributed by atoms with E-state index in [2.05, 4.69) is 10.2 Å². The van der Waals surface area contributed by atoms with Gasteiger partial charge in [0, 0.05) is 20.7 Å². The normalized spacial score (nSPS) is 11.9. The average molecular weight is 318 g/mol. The monoisotopic (exact) mass is 318 g/mol. The van der Waals surface area contributed by atoms with Gasteiger partial charge in [-0.05, 0) is 12.1 Å². The molecule has 2 aromatic heterocycles. The number of hydrogen-bond acceptors (Lipinski definition) is 5. The Bertz CT molecular complexity index is 699. The van der Waals surface area contributed by atoms with Crippen LogP contribution in [0, 0.1) is 0 Å². The van der Waals surface area contributed by atoms with Crippen molar-refractivity contribution in [1.82, 2.24) is 14.6 Å². The summed E-state index contributed by atoms with van der Waals surface area (Å²) in [6.45, 7) is 0.539. The molecule has 2 heterocycles. The van der Waals surface area contributed by atoms with Crippen LogP contribution in [0.25, 0.3) is 5.65 Å². The molecule has 0 atom stereocenters. The van der Waals surface area contributed by atoms with E-state index in [0.29, 0.717) is 10.5 Å². The molecular formula is C12H13F3N4O3. The number of aromatic carboxylic acids is 1. The van der Waals surface area contributed by atoms with Crippen LogP contribution >= 0.6 is 0 Å². The van der Waals surface area contributed by atoms with E-state index in [4.69, 9.17) is 9.84 Å². The lowest BCUT2D eigenvalue weighted by Gasteiger charge is -2.18. The molecule has 0 amide bonds. The summed E-state index contributed by atoms with van der Waals surface area (Å²) in [7, 11) is 2.97. The first-order valence-electron chi connectivity index (χ1n) is 6.16. The van der Waals surface area contributed by atoms with Crippen molar-refractivity contribution in [2.75, 3.05) is 32.2 Å². The number of pyridine rings is 1. The minimum atomic E-state index is -4.67. The number of carboxylic acid groups (broad SMARTS) is 1. The summed E-state index contributed by atoms with van der Waals surface area (Å²) in [5.41, 5.74) is -1.76. The zero-order valence-corrected chi connectivity index (χ0v) is 11.8. The molecule has 22 heavy (non-hydrogen) atoms. The number of alkyl halides is 3. The van der Waals surface area contributed by atoms with E-state index in [1.54, 1.807) is 0 Å². The van der Waals surface area contributed by atoms with Gasteiger partial charge in [0.05, 0.1) is 6.61 Å². The van der Waals surface area contributed by atoms with E-state index in [1.165, 1.54) is 19.1 Å². The number of ether oxygens (including phenoxy) is 1. The minimum absolute atomic E-state index is 0.109. The van der Waals surface area contributed by atoms with Crippen LogP contribution in [0.15, 0.2) is 12.1 Å². The number of fused-ring (bicyclic) bond motifs is 1. The van der Waals surface area contributed by atoms with Gasteiger partial charge in [-0.25, -0.2) is 4.79 Å². The number of anilines is 1. The number of aromatic nitrogens is 3. The minimum Gasteiger partial charge on any atom is -0.478 e. The van der Waals surface area contributed by atoms with Crippen LogP contribution in [0.3, 0.4) is 0 Å². The van der Waals surface area contributed by atoms with Crippen molar-refractivity contribution in [1.29, 1.82) is 0 Å². The molecule has 2 rings (SSSR count). The Hall–Kier alpha value is -2.36. The maximum absolute atomic E-state index is 13.2. The molecule has 0 spiro atoms. The van der Waals surface area contributed by atoms with Crippen LogP contribution in [0.1, 0.15) is 16.1 Å². The third-order valence-electron chi connectivity index (χ3n) is 3.03. The van der Waals surface area contributed by atoms with Crippen LogP contribution in [-0.4, -0.2) is 53.0 Å². The van der Waals surface area contributed by atoms with Gasteiger partial charge in [-0.2, -0.15) is 13.2 Å². The molecule has 120 valence electrons. The largest absolute Gasteiger partial charge is 0.478 e. The lowest BCUT2D eigenvalue weighted by molar-refractivity contribution is -0.141. The van der Waals surface area contributed by atoms with Gasteiger partial charge in [0.2, 0.25) is 5.95 Å². The molecule has 2 aromatic rings. The Morgan fingerprint density at radius 3 is 2.64 bits per heavy atom. The summed E-state index contributed by atoms with van der Waals surface area (Å²) < 4.78 is 45.0. The molecule has 10 heteroatoms. The molecule has 0 aromatic carbocycles. The van der Waals surface area contributed by atoms with Crippen LogP contribution in [0.4, 0.5) is 19.1 Å². The Morgan fingerprint density at radius 1 is 1.41 bits per heavy atom. The predicted molar refractivity (Wildman–Crippen MR) is 70.1 cm³/mol. The Labute approximate surface area is 122 Å². The van der Waals surface area contributed by atoms with E-state index >= 15 is 0 Å². The summed E-state index contributed by atoms with van der Waals surface area (Å²) in [5.74, 6) is -1.49. The summed E-state index contributed by atoms with van der Waals surface area (Å²) in [6, 6.07) is 1.57. The second-order valence-electron chi connectivity index (χ2n) is 4.51. The Kier molecular flexibility index (Phi) is 4.22. The summed E-state index contributed by atoms with van der Waals surface area (Å²) in [4.78, 5) is 12.5. The second kappa shape index (κ2) is 5.79. The number of carbonyl (C=O) groups is 1. The first-order valence-corrected chi connectivity index (χ1v) is 6.16. The molecule has 0 aliphatic heterocycles. The SMILES string of the molecule is COCCN(C)c1nnc2c(C(=O)O)ccc(C(F)(F)F)n12. The number of methoxy groups -OCH3 is 1. The van der Waals surface area contributed by atoms with Gasteiger partial charge in [-0.1, -0.05) is 0 Å². The number of carboxylic acids is 1. The van der Waals surface area contributed by atoms with E-state index < -0.39 is 17.8 Å². The van der Waals surface area contributed by atoms with Gasteiger partial charge >= 0.3 is 12.1 Å². The average Bonchev–Trinajstić information content (AvgIpc) is 2.86. The molecule has 0 saturated carbocycles. The van der Waals surface area contributed by atoms with E-state index in [9.17, 15) is 18.0 Å². The number of nitrogens with zero attached hydrogens (tertiary/aromatic N) is 4. The highest BCUT2D eigenvalue weighted by Crippen LogP contribution is 2.32. The summed E-state index contributed by atoms with van der Waals surface area (Å²) >= 11 is 0. The van der Waals surface area contributed by atoms with Gasteiger partial charge in [0.1, 0.15) is 11.3 Å². The van der Waals surface area contributed by atoms with Crippen molar-refractivity contribution in [3.05, 3.63) is 23.4 Å². The molecule has 0 unspecified atom stereocenters. The van der Waals surface area contributed by atoms with Crippen LogP contribution in [0.5, 0.6) is 0 Å². The number of halogens is 3. The maximum Gasteiger partial charge on any atom is 0.431 e. The highest BCUT2D eigenvalue weighted by Gasteiger charge is 2.36. The predicted octanol–water partition coefficient (Wildman–Crippen LogP) is 1.53. The van der Waals surface area contributed by atoms with Crippen molar-refractivity contribution in [3.63, 3.8) is 0 Å². The fourth-order valence-corrected chi connectivity index (χ4v) is 1.95. The molecule has 1 N–H and O–H groups in total. The lowest BCUT2D eigenvalue weighted by Crippen LogP contribution is -2.26. The fraction of sp³-hybridized carbons (Fsp3) is 0.417. The first-order chi connectivity index (χ1) is 10.3. The van der Waals surface area contributed by atoms with Crippen LogP contribution < -0.4 is 4.90 Å². The number of likely N-dealkylation sites (N-methyl/N-ethyl adjacent to an activating group) is 1. The molecule has 0 radical (unpaired) electrons. The summed E-state index contributed by atoms with van der Waals surface area (Å²) in [5, 5.41) is 16.3. The van der Waals surface area contributed by atoms with E-state index in [1.807, 2.05) is 0 Å². The smallest absolute Gasteiger partial charge is 0.431 e. The zero-order valence-electron chi connectivity index (χ0n) is 11.8. The molecule has 0 aliphatic carbocycles. The quantitative estimate of drug-likeness (QED) is 0.900. The second-order valence-corrected chi connectivity index (χ2v) is 4.51. The van der Waals surface area contributed by atoms with Crippen molar-refractivity contribution < 1.29 is 27.8 Å². The van der Waals surface area contributed by atoms with E-state index in [-0.39, 0.29) is 30.3 Å².